The first kappa shape index (κ1) is 12.0. The van der Waals surface area contributed by atoms with Crippen LogP contribution in [-0.4, -0.2) is 19.0 Å². The minimum atomic E-state index is -0.240. The molecule has 1 heterocycles. The number of nitrogen functional groups attached to an aromatic ring is 1. The van der Waals surface area contributed by atoms with E-state index in [4.69, 9.17) is 23.1 Å². The summed E-state index contributed by atoms with van der Waals surface area (Å²) < 4.78 is 0. The number of nitrogens with zero attached hydrogens (tertiary/aromatic N) is 1. The Morgan fingerprint density at radius 1 is 1.47 bits per heavy atom. The first-order chi connectivity index (χ1) is 8.08. The van der Waals surface area contributed by atoms with Gasteiger partial charge in [0.2, 0.25) is 5.91 Å². The minimum Gasteiger partial charge on any atom is -0.397 e. The molecule has 0 radical (unpaired) electrons. The molecule has 1 aromatic carbocycles. The third kappa shape index (κ3) is 2.64. The van der Waals surface area contributed by atoms with Crippen molar-refractivity contribution in [2.24, 2.45) is 11.7 Å². The van der Waals surface area contributed by atoms with Crippen LogP contribution in [0.3, 0.4) is 0 Å². The van der Waals surface area contributed by atoms with Crippen LogP contribution >= 0.6 is 11.6 Å². The van der Waals surface area contributed by atoms with Crippen LogP contribution in [0.5, 0.6) is 0 Å². The highest BCUT2D eigenvalue weighted by Gasteiger charge is 2.25. The van der Waals surface area contributed by atoms with Crippen LogP contribution in [0.1, 0.15) is 12.8 Å². The van der Waals surface area contributed by atoms with E-state index in [1.807, 2.05) is 6.07 Å². The van der Waals surface area contributed by atoms with Gasteiger partial charge in [-0.05, 0) is 31.0 Å². The van der Waals surface area contributed by atoms with Crippen molar-refractivity contribution in [3.05, 3.63) is 23.2 Å². The molecule has 5 heteroatoms. The fourth-order valence-corrected chi connectivity index (χ4v) is 2.39. The Kier molecular flexibility index (Phi) is 3.43. The summed E-state index contributed by atoms with van der Waals surface area (Å²) in [6.45, 7) is 1.51. The van der Waals surface area contributed by atoms with Crippen molar-refractivity contribution in [1.29, 1.82) is 0 Å². The third-order valence-electron chi connectivity index (χ3n) is 3.16. The van der Waals surface area contributed by atoms with Gasteiger partial charge in [0.05, 0.1) is 17.3 Å². The highest BCUT2D eigenvalue weighted by Crippen LogP contribution is 2.30. The number of hydrogen-bond donors (Lipinski definition) is 2. The molecule has 0 bridgehead atoms. The second kappa shape index (κ2) is 4.84. The number of nitrogens with two attached hydrogens (primary N) is 2. The van der Waals surface area contributed by atoms with Crippen LogP contribution in [0, 0.1) is 5.92 Å². The molecule has 1 aliphatic heterocycles. The van der Waals surface area contributed by atoms with Crippen LogP contribution in [0.25, 0.3) is 0 Å². The number of halogens is 1. The van der Waals surface area contributed by atoms with E-state index < -0.39 is 0 Å². The molecule has 4 nitrogen and oxygen atoms in total. The number of anilines is 2. The van der Waals surface area contributed by atoms with E-state index in [9.17, 15) is 4.79 Å². The monoisotopic (exact) mass is 253 g/mol. The molecule has 17 heavy (non-hydrogen) atoms. The zero-order valence-electron chi connectivity index (χ0n) is 9.53. The van der Waals surface area contributed by atoms with Crippen LogP contribution < -0.4 is 16.4 Å². The van der Waals surface area contributed by atoms with Gasteiger partial charge in [0, 0.05) is 18.1 Å². The molecule has 92 valence electrons. The van der Waals surface area contributed by atoms with Crippen LogP contribution in [0.15, 0.2) is 18.2 Å². The molecule has 0 aliphatic carbocycles. The summed E-state index contributed by atoms with van der Waals surface area (Å²) in [6.07, 6.45) is 1.80. The van der Waals surface area contributed by atoms with Gasteiger partial charge in [-0.3, -0.25) is 4.79 Å². The molecule has 1 fully saturated rings. The maximum Gasteiger partial charge on any atom is 0.222 e. The van der Waals surface area contributed by atoms with E-state index in [1.165, 1.54) is 0 Å². The molecule has 0 saturated carbocycles. The van der Waals surface area contributed by atoms with Gasteiger partial charge in [0.15, 0.2) is 0 Å². The number of carbonyl (C=O) groups is 1. The number of piperidine rings is 1. The Hall–Kier alpha value is -1.42. The average Bonchev–Trinajstić information content (AvgIpc) is 2.32. The maximum absolute atomic E-state index is 11.2. The highest BCUT2D eigenvalue weighted by atomic mass is 35.5. The van der Waals surface area contributed by atoms with Gasteiger partial charge in [0.25, 0.3) is 0 Å². The normalized spacial score (nSPS) is 20.3. The quantitative estimate of drug-likeness (QED) is 0.787. The molecule has 4 N–H and O–H groups in total. The standard InChI is InChI=1S/C12H16ClN3O/c13-9-3-4-10(14)11(6-9)16-5-1-2-8(7-16)12(15)17/h3-4,6,8H,1-2,5,7,14H2,(H2,15,17). The van der Waals surface area contributed by atoms with Crippen molar-refractivity contribution in [2.75, 3.05) is 23.7 Å². The number of carbonyl (C=O) groups excluding carboxylic acids is 1. The van der Waals surface area contributed by atoms with Crippen molar-refractivity contribution < 1.29 is 4.79 Å². The number of hydrogen-bond acceptors (Lipinski definition) is 3. The lowest BCUT2D eigenvalue weighted by Crippen LogP contribution is -2.41. The Morgan fingerprint density at radius 3 is 2.94 bits per heavy atom. The first-order valence-electron chi connectivity index (χ1n) is 5.67. The predicted molar refractivity (Wildman–Crippen MR) is 70.0 cm³/mol. The van der Waals surface area contributed by atoms with E-state index in [1.54, 1.807) is 12.1 Å². The topological polar surface area (TPSA) is 72.4 Å². The fraction of sp³-hybridized carbons (Fsp3) is 0.417. The second-order valence-corrected chi connectivity index (χ2v) is 4.83. The van der Waals surface area contributed by atoms with Crippen molar-refractivity contribution in [3.8, 4) is 0 Å². The lowest BCUT2D eigenvalue weighted by molar-refractivity contribution is -0.122. The molecule has 2 rings (SSSR count). The number of benzene rings is 1. The van der Waals surface area contributed by atoms with Crippen molar-refractivity contribution in [3.63, 3.8) is 0 Å². The van der Waals surface area contributed by atoms with E-state index in [2.05, 4.69) is 4.90 Å². The molecular formula is C12H16ClN3O. The van der Waals surface area contributed by atoms with Gasteiger partial charge in [-0.2, -0.15) is 0 Å². The van der Waals surface area contributed by atoms with Crippen LogP contribution in [0.2, 0.25) is 5.02 Å². The molecule has 1 saturated heterocycles. The summed E-state index contributed by atoms with van der Waals surface area (Å²) in [5.74, 6) is -0.336. The van der Waals surface area contributed by atoms with Gasteiger partial charge in [0.1, 0.15) is 0 Å². The molecule has 1 atom stereocenters. The van der Waals surface area contributed by atoms with Gasteiger partial charge in [-0.25, -0.2) is 0 Å². The zero-order chi connectivity index (χ0) is 12.4. The maximum atomic E-state index is 11.2. The van der Waals surface area contributed by atoms with Crippen molar-refractivity contribution in [2.45, 2.75) is 12.8 Å². The summed E-state index contributed by atoms with van der Waals surface area (Å²) in [5.41, 5.74) is 12.9. The van der Waals surface area contributed by atoms with E-state index >= 15 is 0 Å². The van der Waals surface area contributed by atoms with E-state index in [0.717, 1.165) is 25.1 Å². The first-order valence-corrected chi connectivity index (χ1v) is 6.05. The number of amides is 1. The fourth-order valence-electron chi connectivity index (χ4n) is 2.22. The summed E-state index contributed by atoms with van der Waals surface area (Å²) in [7, 11) is 0. The minimum absolute atomic E-state index is 0.0952. The number of primary amides is 1. The average molecular weight is 254 g/mol. The molecule has 1 amide bonds. The van der Waals surface area contributed by atoms with Gasteiger partial charge >= 0.3 is 0 Å². The summed E-state index contributed by atoms with van der Waals surface area (Å²) >= 11 is 5.96. The SMILES string of the molecule is NC(=O)C1CCCN(c2cc(Cl)ccc2N)C1. The van der Waals surface area contributed by atoms with Gasteiger partial charge in [-0.1, -0.05) is 11.6 Å². The Bertz CT molecular complexity index is 436. The molecule has 1 aromatic rings. The van der Waals surface area contributed by atoms with Gasteiger partial charge in [-0.15, -0.1) is 0 Å². The van der Waals surface area contributed by atoms with Crippen molar-refractivity contribution >= 4 is 28.9 Å². The zero-order valence-corrected chi connectivity index (χ0v) is 10.3. The summed E-state index contributed by atoms with van der Waals surface area (Å²) in [4.78, 5) is 13.3. The predicted octanol–water partition coefficient (Wildman–Crippen LogP) is 1.62. The summed E-state index contributed by atoms with van der Waals surface area (Å²) in [5, 5.41) is 0.649. The van der Waals surface area contributed by atoms with Crippen LogP contribution in [-0.2, 0) is 4.79 Å². The highest BCUT2D eigenvalue weighted by molar-refractivity contribution is 6.31. The molecule has 1 aliphatic rings. The van der Waals surface area contributed by atoms with Crippen molar-refractivity contribution in [1.82, 2.24) is 0 Å². The molecule has 0 spiro atoms. The largest absolute Gasteiger partial charge is 0.397 e. The lowest BCUT2D eigenvalue weighted by atomic mass is 9.97. The molecular weight excluding hydrogens is 238 g/mol. The van der Waals surface area contributed by atoms with E-state index in [-0.39, 0.29) is 11.8 Å². The van der Waals surface area contributed by atoms with Gasteiger partial charge < -0.3 is 16.4 Å². The smallest absolute Gasteiger partial charge is 0.222 e. The molecule has 0 aromatic heterocycles. The lowest BCUT2D eigenvalue weighted by Gasteiger charge is -2.33. The van der Waals surface area contributed by atoms with Crippen LogP contribution in [0.4, 0.5) is 11.4 Å². The summed E-state index contributed by atoms with van der Waals surface area (Å²) in [6, 6.07) is 5.38. The number of rotatable bonds is 2. The second-order valence-electron chi connectivity index (χ2n) is 4.39. The Morgan fingerprint density at radius 2 is 2.24 bits per heavy atom. The Labute approximate surface area is 106 Å². The van der Waals surface area contributed by atoms with E-state index in [0.29, 0.717) is 17.3 Å². The molecule has 1 unspecified atom stereocenters. The third-order valence-corrected chi connectivity index (χ3v) is 3.39. The Balaban J connectivity index is 2.21.